The van der Waals surface area contributed by atoms with E-state index < -0.39 is 23.2 Å². The second-order valence-electron chi connectivity index (χ2n) is 7.83. The SMILES string of the molecule is CC(=O)O[C@H]1C2[C@@](C)(O)CC[C@@H](O)[C@]2(C)CC[C@H]1[C@H](C)CO. The Morgan fingerprint density at radius 1 is 1.32 bits per heavy atom. The van der Waals surface area contributed by atoms with Crippen LogP contribution in [0.5, 0.6) is 0 Å². The van der Waals surface area contributed by atoms with Gasteiger partial charge in [-0.2, -0.15) is 0 Å². The largest absolute Gasteiger partial charge is 0.462 e. The molecule has 0 spiro atoms. The normalized spacial score (nSPS) is 46.7. The monoisotopic (exact) mass is 314 g/mol. The summed E-state index contributed by atoms with van der Waals surface area (Å²) in [6, 6.07) is 0. The second-order valence-corrected chi connectivity index (χ2v) is 7.83. The third kappa shape index (κ3) is 2.91. The van der Waals surface area contributed by atoms with Crippen LogP contribution in [-0.4, -0.2) is 45.7 Å². The van der Waals surface area contributed by atoms with Crippen LogP contribution >= 0.6 is 0 Å². The topological polar surface area (TPSA) is 87.0 Å². The molecular formula is C17H30O5. The lowest BCUT2D eigenvalue weighted by Crippen LogP contribution is -2.64. The molecule has 7 atom stereocenters. The quantitative estimate of drug-likeness (QED) is 0.687. The molecule has 0 saturated heterocycles. The minimum atomic E-state index is -0.984. The number of hydrogen-bond donors (Lipinski definition) is 3. The van der Waals surface area contributed by atoms with Gasteiger partial charge in [0.15, 0.2) is 0 Å². The van der Waals surface area contributed by atoms with Gasteiger partial charge in [0.25, 0.3) is 0 Å². The van der Waals surface area contributed by atoms with Crippen LogP contribution in [-0.2, 0) is 9.53 Å². The molecule has 2 saturated carbocycles. The van der Waals surface area contributed by atoms with Crippen molar-refractivity contribution in [1.82, 2.24) is 0 Å². The number of carbonyl (C=O) groups excluding carboxylic acids is 1. The van der Waals surface area contributed by atoms with Gasteiger partial charge >= 0.3 is 5.97 Å². The molecule has 128 valence electrons. The van der Waals surface area contributed by atoms with Crippen LogP contribution in [0.1, 0.15) is 53.4 Å². The van der Waals surface area contributed by atoms with E-state index in [0.29, 0.717) is 12.8 Å². The highest BCUT2D eigenvalue weighted by Crippen LogP contribution is 2.57. The molecule has 0 aromatic heterocycles. The smallest absolute Gasteiger partial charge is 0.302 e. The maximum absolute atomic E-state index is 11.6. The minimum Gasteiger partial charge on any atom is -0.462 e. The Hall–Kier alpha value is -0.650. The van der Waals surface area contributed by atoms with Gasteiger partial charge in [-0.1, -0.05) is 13.8 Å². The summed E-state index contributed by atoms with van der Waals surface area (Å²) >= 11 is 0. The molecule has 5 nitrogen and oxygen atoms in total. The number of esters is 1. The second kappa shape index (κ2) is 6.10. The van der Waals surface area contributed by atoms with Crippen molar-refractivity contribution in [2.24, 2.45) is 23.2 Å². The standard InChI is InChI=1S/C17H30O5/c1-10(9-18)12-5-7-16(3)13(20)6-8-17(4,21)15(16)14(12)22-11(2)19/h10,12-15,18,20-21H,5-9H2,1-4H3/t10-,12+,13-,14-,15?,16+,17+/m1/s1. The summed E-state index contributed by atoms with van der Waals surface area (Å²) in [5.41, 5.74) is -1.45. The number of ether oxygens (including phenoxy) is 1. The van der Waals surface area contributed by atoms with Crippen LogP contribution < -0.4 is 0 Å². The highest BCUT2D eigenvalue weighted by atomic mass is 16.5. The number of hydrogen-bond acceptors (Lipinski definition) is 5. The fourth-order valence-electron chi connectivity index (χ4n) is 4.86. The molecule has 2 fully saturated rings. The van der Waals surface area contributed by atoms with Crippen molar-refractivity contribution >= 4 is 5.97 Å². The molecule has 5 heteroatoms. The van der Waals surface area contributed by atoms with E-state index in [1.165, 1.54) is 6.92 Å². The summed E-state index contributed by atoms with van der Waals surface area (Å²) in [4.78, 5) is 11.6. The Bertz CT molecular complexity index is 421. The average Bonchev–Trinajstić information content (AvgIpc) is 2.42. The predicted octanol–water partition coefficient (Wildman–Crippen LogP) is 1.48. The van der Waals surface area contributed by atoms with E-state index in [0.717, 1.165) is 12.8 Å². The first-order chi connectivity index (χ1) is 10.1. The lowest BCUT2D eigenvalue weighted by Gasteiger charge is -2.59. The Balaban J connectivity index is 2.43. The Kier molecular flexibility index (Phi) is 4.91. The van der Waals surface area contributed by atoms with Gasteiger partial charge in [-0.15, -0.1) is 0 Å². The number of aliphatic hydroxyl groups is 3. The molecule has 2 aliphatic rings. The molecule has 0 aromatic rings. The van der Waals surface area contributed by atoms with Crippen molar-refractivity contribution in [3.8, 4) is 0 Å². The van der Waals surface area contributed by atoms with Crippen LogP contribution in [0.3, 0.4) is 0 Å². The summed E-state index contributed by atoms with van der Waals surface area (Å²) < 4.78 is 5.62. The van der Waals surface area contributed by atoms with Crippen molar-refractivity contribution in [2.75, 3.05) is 6.61 Å². The Morgan fingerprint density at radius 2 is 1.95 bits per heavy atom. The summed E-state index contributed by atoms with van der Waals surface area (Å²) in [6.07, 6.45) is 1.63. The van der Waals surface area contributed by atoms with Crippen LogP contribution in [0.25, 0.3) is 0 Å². The predicted molar refractivity (Wildman–Crippen MR) is 82.0 cm³/mol. The molecule has 3 N–H and O–H groups in total. The highest BCUT2D eigenvalue weighted by Gasteiger charge is 2.60. The maximum atomic E-state index is 11.6. The van der Waals surface area contributed by atoms with E-state index in [2.05, 4.69) is 0 Å². The zero-order valence-corrected chi connectivity index (χ0v) is 14.1. The van der Waals surface area contributed by atoms with Crippen molar-refractivity contribution < 1.29 is 24.9 Å². The molecule has 0 bridgehead atoms. The minimum absolute atomic E-state index is 0.00347. The van der Waals surface area contributed by atoms with Crippen LogP contribution in [0, 0.1) is 23.2 Å². The highest BCUT2D eigenvalue weighted by molar-refractivity contribution is 5.66. The van der Waals surface area contributed by atoms with Gasteiger partial charge in [-0.25, -0.2) is 0 Å². The van der Waals surface area contributed by atoms with Crippen molar-refractivity contribution in [3.63, 3.8) is 0 Å². The van der Waals surface area contributed by atoms with E-state index in [1.807, 2.05) is 13.8 Å². The summed E-state index contributed by atoms with van der Waals surface area (Å²) in [5, 5.41) is 31.0. The third-order valence-corrected chi connectivity index (χ3v) is 6.15. The number of carbonyl (C=O) groups is 1. The molecule has 0 aliphatic heterocycles. The van der Waals surface area contributed by atoms with E-state index >= 15 is 0 Å². The number of fused-ring (bicyclic) bond motifs is 1. The van der Waals surface area contributed by atoms with E-state index in [1.54, 1.807) is 6.92 Å². The molecular weight excluding hydrogens is 284 g/mol. The molecule has 0 amide bonds. The maximum Gasteiger partial charge on any atom is 0.302 e. The van der Waals surface area contributed by atoms with E-state index in [-0.39, 0.29) is 30.3 Å². The average molecular weight is 314 g/mol. The summed E-state index contributed by atoms with van der Waals surface area (Å²) in [5.74, 6) is -0.701. The van der Waals surface area contributed by atoms with E-state index in [9.17, 15) is 20.1 Å². The van der Waals surface area contributed by atoms with Crippen LogP contribution in [0.15, 0.2) is 0 Å². The summed E-state index contributed by atoms with van der Waals surface area (Å²) in [7, 11) is 0. The fourth-order valence-corrected chi connectivity index (χ4v) is 4.86. The van der Waals surface area contributed by atoms with E-state index in [4.69, 9.17) is 4.74 Å². The molecule has 0 heterocycles. The first-order valence-corrected chi connectivity index (χ1v) is 8.32. The lowest BCUT2D eigenvalue weighted by molar-refractivity contribution is -0.230. The molecule has 2 aliphatic carbocycles. The van der Waals surface area contributed by atoms with Gasteiger partial charge in [-0.3, -0.25) is 4.79 Å². The lowest BCUT2D eigenvalue weighted by atomic mass is 9.50. The molecule has 0 aromatic carbocycles. The first-order valence-electron chi connectivity index (χ1n) is 8.32. The van der Waals surface area contributed by atoms with Crippen LogP contribution in [0.4, 0.5) is 0 Å². The fraction of sp³-hybridized carbons (Fsp3) is 0.941. The van der Waals surface area contributed by atoms with Crippen molar-refractivity contribution in [3.05, 3.63) is 0 Å². The first kappa shape index (κ1) is 17.7. The number of aliphatic hydroxyl groups excluding tert-OH is 2. The van der Waals surface area contributed by atoms with Crippen molar-refractivity contribution in [2.45, 2.75) is 71.2 Å². The van der Waals surface area contributed by atoms with Gasteiger partial charge < -0.3 is 20.1 Å². The molecule has 22 heavy (non-hydrogen) atoms. The number of rotatable bonds is 3. The van der Waals surface area contributed by atoms with Gasteiger partial charge in [0.05, 0.1) is 11.7 Å². The van der Waals surface area contributed by atoms with Gasteiger partial charge in [0.1, 0.15) is 6.10 Å². The molecule has 0 radical (unpaired) electrons. The zero-order chi connectivity index (χ0) is 16.7. The summed E-state index contributed by atoms with van der Waals surface area (Å²) in [6.45, 7) is 7.12. The van der Waals surface area contributed by atoms with Crippen molar-refractivity contribution in [1.29, 1.82) is 0 Å². The molecule has 1 unspecified atom stereocenters. The Morgan fingerprint density at radius 3 is 2.50 bits per heavy atom. The third-order valence-electron chi connectivity index (χ3n) is 6.15. The molecule has 2 rings (SSSR count). The van der Waals surface area contributed by atoms with Gasteiger partial charge in [0, 0.05) is 30.8 Å². The zero-order valence-electron chi connectivity index (χ0n) is 14.1. The van der Waals surface area contributed by atoms with Crippen LogP contribution in [0.2, 0.25) is 0 Å². The van der Waals surface area contributed by atoms with Gasteiger partial charge in [-0.05, 0) is 38.5 Å². The van der Waals surface area contributed by atoms with Gasteiger partial charge in [0.2, 0.25) is 0 Å². The Labute approximate surface area is 132 Å².